The predicted octanol–water partition coefficient (Wildman–Crippen LogP) is 2.25. The fourth-order valence-electron chi connectivity index (χ4n) is 0.388. The van der Waals surface area contributed by atoms with Gasteiger partial charge < -0.3 is 0 Å². The van der Waals surface area contributed by atoms with Crippen molar-refractivity contribution in [2.45, 2.75) is 12.8 Å². The number of hydrogen-bond acceptors (Lipinski definition) is 2. The molecule has 2 heteroatoms. The molecule has 0 saturated heterocycles. The lowest BCUT2D eigenvalue weighted by Gasteiger charge is -1.92. The molecule has 0 aliphatic heterocycles. The molecule has 0 unspecified atom stereocenters. The summed E-state index contributed by atoms with van der Waals surface area (Å²) in [6.45, 7) is 3.57. The Morgan fingerprint density at radius 2 is 2.38 bits per heavy atom. The van der Waals surface area contributed by atoms with E-state index in [0.717, 1.165) is 23.5 Å². The van der Waals surface area contributed by atoms with Crippen molar-refractivity contribution in [3.8, 4) is 0 Å². The Labute approximate surface area is 61.4 Å². The molecule has 0 saturated carbocycles. The maximum Gasteiger partial charge on any atom is -0.00259 e. The molecule has 8 heavy (non-hydrogen) atoms. The molecule has 0 nitrogen and oxygen atoms in total. The van der Waals surface area contributed by atoms with E-state index in [1.54, 1.807) is 0 Å². The summed E-state index contributed by atoms with van der Waals surface area (Å²) in [5.74, 6) is 0.854. The zero-order valence-electron chi connectivity index (χ0n) is 4.76. The van der Waals surface area contributed by atoms with Crippen molar-refractivity contribution < 1.29 is 0 Å². The van der Waals surface area contributed by atoms with Crippen molar-refractivity contribution in [3.05, 3.63) is 12.7 Å². The summed E-state index contributed by atoms with van der Waals surface area (Å²) in [6.07, 6.45) is 3.62. The van der Waals surface area contributed by atoms with Crippen LogP contribution in [-0.2, 0) is 0 Å². The van der Waals surface area contributed by atoms with Crippen LogP contribution in [-0.4, -0.2) is 10.6 Å². The van der Waals surface area contributed by atoms with Crippen molar-refractivity contribution in [1.29, 1.82) is 0 Å². The fraction of sp³-hybridized carbons (Fsp3) is 0.500. The summed E-state index contributed by atoms with van der Waals surface area (Å²) < 4.78 is 0. The van der Waals surface area contributed by atoms with Crippen molar-refractivity contribution in [3.63, 3.8) is 0 Å². The van der Waals surface area contributed by atoms with Gasteiger partial charge in [-0.05, 0) is 23.5 Å². The Hall–Kier alpha value is 0.180. The van der Waals surface area contributed by atoms with Crippen LogP contribution in [0, 0.1) is 0 Å². The Morgan fingerprint density at radius 1 is 1.75 bits per heavy atom. The van der Waals surface area contributed by atoms with Gasteiger partial charge in [0.05, 0.1) is 0 Å². The third-order valence-electron chi connectivity index (χ3n) is 0.763. The van der Waals surface area contributed by atoms with E-state index in [-0.39, 0.29) is 0 Å². The monoisotopic (exact) mass is 146 g/mol. The van der Waals surface area contributed by atoms with Gasteiger partial charge in [-0.3, -0.25) is 0 Å². The molecule has 0 fully saturated rings. The van der Waals surface area contributed by atoms with Crippen molar-refractivity contribution in [1.82, 2.24) is 0 Å². The van der Waals surface area contributed by atoms with E-state index in [1.807, 2.05) is 6.08 Å². The molecule has 0 spiro atoms. The lowest BCUT2D eigenvalue weighted by Crippen LogP contribution is -1.91. The SMILES string of the molecule is C=CCC(=S)CCS. The average Bonchev–Trinajstić information content (AvgIpc) is 1.68. The predicted molar refractivity (Wildman–Crippen MR) is 45.9 cm³/mol. The van der Waals surface area contributed by atoms with Crippen molar-refractivity contribution in [2.75, 3.05) is 5.75 Å². The average molecular weight is 146 g/mol. The second kappa shape index (κ2) is 5.32. The third kappa shape index (κ3) is 4.34. The summed E-state index contributed by atoms with van der Waals surface area (Å²) in [6, 6.07) is 0. The molecule has 0 radical (unpaired) electrons. The summed E-state index contributed by atoms with van der Waals surface area (Å²) in [5.41, 5.74) is 0. The second-order valence-corrected chi connectivity index (χ2v) is 2.53. The zero-order valence-corrected chi connectivity index (χ0v) is 6.47. The minimum atomic E-state index is 0.854. The lowest BCUT2D eigenvalue weighted by molar-refractivity contribution is 1.29. The van der Waals surface area contributed by atoms with E-state index in [9.17, 15) is 0 Å². The molecule has 0 aliphatic rings. The van der Waals surface area contributed by atoms with E-state index in [2.05, 4.69) is 19.2 Å². The van der Waals surface area contributed by atoms with Crippen LogP contribution in [0.4, 0.5) is 0 Å². The van der Waals surface area contributed by atoms with Crippen LogP contribution in [0.5, 0.6) is 0 Å². The van der Waals surface area contributed by atoms with Gasteiger partial charge in [0.15, 0.2) is 0 Å². The van der Waals surface area contributed by atoms with E-state index in [1.165, 1.54) is 0 Å². The topological polar surface area (TPSA) is 0 Å². The summed E-state index contributed by atoms with van der Waals surface area (Å²) in [7, 11) is 0. The first-order valence-electron chi connectivity index (χ1n) is 2.54. The molecule has 0 rings (SSSR count). The van der Waals surface area contributed by atoms with Crippen LogP contribution in [0.2, 0.25) is 0 Å². The summed E-state index contributed by atoms with van der Waals surface area (Å²) in [4.78, 5) is 1.05. The first-order valence-corrected chi connectivity index (χ1v) is 3.58. The van der Waals surface area contributed by atoms with Gasteiger partial charge in [-0.1, -0.05) is 18.3 Å². The molecule has 0 aliphatic carbocycles. The molecule has 46 valence electrons. The molecule has 0 bridgehead atoms. The number of thiocarbonyl (C=S) groups is 1. The Balaban J connectivity index is 3.18. The zero-order chi connectivity index (χ0) is 6.41. The van der Waals surface area contributed by atoms with Crippen LogP contribution in [0.1, 0.15) is 12.8 Å². The lowest BCUT2D eigenvalue weighted by atomic mass is 10.2. The van der Waals surface area contributed by atoms with Gasteiger partial charge >= 0.3 is 0 Å². The first kappa shape index (κ1) is 8.18. The maximum absolute atomic E-state index is 4.93. The quantitative estimate of drug-likeness (QED) is 0.360. The maximum atomic E-state index is 4.93. The summed E-state index contributed by atoms with van der Waals surface area (Å²) >= 11 is 8.96. The molecule has 0 heterocycles. The molecule has 0 aromatic rings. The van der Waals surface area contributed by atoms with Crippen LogP contribution in [0.3, 0.4) is 0 Å². The smallest absolute Gasteiger partial charge is 0.00259 e. The normalized spacial score (nSPS) is 8.62. The first-order chi connectivity index (χ1) is 3.81. The van der Waals surface area contributed by atoms with Gasteiger partial charge in [0.2, 0.25) is 0 Å². The standard InChI is InChI=1S/C6H10S2/c1-2-3-6(8)4-5-7/h2,7H,1,3-5H2. The molecule has 0 aromatic carbocycles. The van der Waals surface area contributed by atoms with E-state index in [0.29, 0.717) is 0 Å². The van der Waals surface area contributed by atoms with E-state index < -0.39 is 0 Å². The minimum Gasteiger partial charge on any atom is -0.179 e. The summed E-state index contributed by atoms with van der Waals surface area (Å²) in [5, 5.41) is 0. The largest absolute Gasteiger partial charge is 0.179 e. The molecule has 0 atom stereocenters. The number of allylic oxidation sites excluding steroid dienone is 1. The highest BCUT2D eigenvalue weighted by atomic mass is 32.1. The minimum absolute atomic E-state index is 0.854. The fourth-order valence-corrected chi connectivity index (χ4v) is 1.03. The van der Waals surface area contributed by atoms with Gasteiger partial charge in [0.25, 0.3) is 0 Å². The molecular weight excluding hydrogens is 136 g/mol. The second-order valence-electron chi connectivity index (χ2n) is 1.51. The number of rotatable bonds is 4. The Kier molecular flexibility index (Phi) is 5.44. The van der Waals surface area contributed by atoms with Gasteiger partial charge in [0.1, 0.15) is 0 Å². The van der Waals surface area contributed by atoms with E-state index >= 15 is 0 Å². The Morgan fingerprint density at radius 3 is 2.75 bits per heavy atom. The molecule has 0 amide bonds. The molecule has 0 N–H and O–H groups in total. The van der Waals surface area contributed by atoms with E-state index in [4.69, 9.17) is 12.2 Å². The van der Waals surface area contributed by atoms with Gasteiger partial charge in [0, 0.05) is 0 Å². The third-order valence-corrected chi connectivity index (χ3v) is 1.36. The van der Waals surface area contributed by atoms with Crippen LogP contribution in [0.15, 0.2) is 12.7 Å². The van der Waals surface area contributed by atoms with Crippen LogP contribution < -0.4 is 0 Å². The highest BCUT2D eigenvalue weighted by molar-refractivity contribution is 7.81. The van der Waals surface area contributed by atoms with Gasteiger partial charge in [-0.15, -0.1) is 6.58 Å². The Bertz CT molecular complexity index is 86.5. The molecular formula is C6H10S2. The van der Waals surface area contributed by atoms with Crippen molar-refractivity contribution in [2.24, 2.45) is 0 Å². The highest BCUT2D eigenvalue weighted by Crippen LogP contribution is 1.94. The molecule has 0 aromatic heterocycles. The van der Waals surface area contributed by atoms with Crippen LogP contribution >= 0.6 is 24.8 Å². The van der Waals surface area contributed by atoms with Crippen LogP contribution in [0.25, 0.3) is 0 Å². The highest BCUT2D eigenvalue weighted by Gasteiger charge is 1.88. The van der Waals surface area contributed by atoms with Gasteiger partial charge in [-0.25, -0.2) is 0 Å². The van der Waals surface area contributed by atoms with Gasteiger partial charge in [-0.2, -0.15) is 12.6 Å². The number of thiol groups is 1. The number of hydrogen-bond donors (Lipinski definition) is 1. The van der Waals surface area contributed by atoms with Crippen molar-refractivity contribution >= 4 is 29.7 Å².